The average molecular weight is 470 g/mol. The van der Waals surface area contributed by atoms with Gasteiger partial charge in [0.25, 0.3) is 0 Å². The summed E-state index contributed by atoms with van der Waals surface area (Å²) in [5, 5.41) is 26.1. The van der Waals surface area contributed by atoms with Gasteiger partial charge in [-0.25, -0.2) is 18.7 Å². The minimum absolute atomic E-state index is 0.156. The third-order valence-electron chi connectivity index (χ3n) is 6.55. The third kappa shape index (κ3) is 5.09. The van der Waals surface area contributed by atoms with Crippen molar-refractivity contribution in [2.45, 2.75) is 49.9 Å². The molecule has 0 bridgehead atoms. The zero-order valence-electron chi connectivity index (χ0n) is 19.0. The normalized spacial score (nSPS) is 17.7. The number of rotatable bonds is 8. The number of fused-ring (bicyclic) bond motifs is 1. The molecule has 3 N–H and O–H groups in total. The van der Waals surface area contributed by atoms with Crippen LogP contribution in [-0.2, 0) is 0 Å². The summed E-state index contributed by atoms with van der Waals surface area (Å²) in [6, 6.07) is 8.59. The van der Waals surface area contributed by atoms with Crippen molar-refractivity contribution in [1.82, 2.24) is 15.3 Å². The Bertz CT molecular complexity index is 1170. The Labute approximate surface area is 197 Å². The van der Waals surface area contributed by atoms with Crippen molar-refractivity contribution in [2.24, 2.45) is 0 Å². The summed E-state index contributed by atoms with van der Waals surface area (Å²) >= 11 is 0. The molecule has 6 nitrogen and oxygen atoms in total. The summed E-state index contributed by atoms with van der Waals surface area (Å²) in [5.74, 6) is -0.694. The topological polar surface area (TPSA) is 87.5 Å². The van der Waals surface area contributed by atoms with E-state index in [0.29, 0.717) is 41.9 Å². The van der Waals surface area contributed by atoms with Gasteiger partial charge in [-0.2, -0.15) is 0 Å². The summed E-state index contributed by atoms with van der Waals surface area (Å²) in [7, 11) is 1.49. The zero-order valence-corrected chi connectivity index (χ0v) is 19.0. The molecule has 0 aliphatic heterocycles. The molecule has 0 spiro atoms. The summed E-state index contributed by atoms with van der Waals surface area (Å²) in [6.45, 7) is 0.322. The maximum absolute atomic E-state index is 13.9. The Kier molecular flexibility index (Phi) is 7.50. The van der Waals surface area contributed by atoms with Gasteiger partial charge in [-0.05, 0) is 37.1 Å². The number of hydrogen-bond acceptors (Lipinski definition) is 6. The second kappa shape index (κ2) is 10.5. The smallest absolute Gasteiger partial charge is 0.232 e. The highest BCUT2D eigenvalue weighted by molar-refractivity contribution is 5.78. The molecule has 3 aromatic rings. The van der Waals surface area contributed by atoms with Gasteiger partial charge in [0.15, 0.2) is 0 Å². The maximum atomic E-state index is 13.9. The molecule has 1 aliphatic rings. The number of hydrogen-bond donors (Lipinski definition) is 3. The summed E-state index contributed by atoms with van der Waals surface area (Å²) in [4.78, 5) is 8.76. The van der Waals surface area contributed by atoms with E-state index >= 15 is 0 Å². The lowest BCUT2D eigenvalue weighted by atomic mass is 9.74. The standard InChI is InChI=1S/C26H29F2N3O3/c1-34-22-16-29-21-9-5-8-19(23(21)31-22)24(32)25(33)26(12-3-2-4-13-26)30-14-6-7-17-15-18(27)10-11-20(17)28/h5-11,15-16,24-25,30,32-33H,2-4,12-14H2,1H3/b7-6+. The molecule has 34 heavy (non-hydrogen) atoms. The molecule has 1 aliphatic carbocycles. The molecule has 4 rings (SSSR count). The Morgan fingerprint density at radius 3 is 2.71 bits per heavy atom. The van der Waals surface area contributed by atoms with Crippen LogP contribution in [0.15, 0.2) is 48.7 Å². The number of halogens is 2. The van der Waals surface area contributed by atoms with Gasteiger partial charge in [0.1, 0.15) is 23.8 Å². The Hall–Kier alpha value is -2.94. The van der Waals surface area contributed by atoms with E-state index in [-0.39, 0.29) is 5.56 Å². The molecule has 0 amide bonds. The number of nitrogens with one attached hydrogen (secondary N) is 1. The van der Waals surface area contributed by atoms with Crippen molar-refractivity contribution < 1.29 is 23.7 Å². The molecule has 2 unspecified atom stereocenters. The van der Waals surface area contributed by atoms with Crippen LogP contribution in [0.2, 0.25) is 0 Å². The van der Waals surface area contributed by atoms with E-state index in [1.807, 2.05) is 0 Å². The lowest BCUT2D eigenvalue weighted by Gasteiger charge is -2.43. The quantitative estimate of drug-likeness (QED) is 0.456. The minimum atomic E-state index is -1.21. The number of aliphatic hydroxyl groups is 2. The van der Waals surface area contributed by atoms with Gasteiger partial charge < -0.3 is 20.3 Å². The van der Waals surface area contributed by atoms with E-state index in [2.05, 4.69) is 15.3 Å². The first-order valence-electron chi connectivity index (χ1n) is 11.5. The fourth-order valence-electron chi connectivity index (χ4n) is 4.70. The van der Waals surface area contributed by atoms with E-state index in [1.165, 1.54) is 19.4 Å². The maximum Gasteiger partial charge on any atom is 0.232 e. The Balaban J connectivity index is 1.56. The van der Waals surface area contributed by atoms with Gasteiger partial charge in [0.2, 0.25) is 5.88 Å². The highest BCUT2D eigenvalue weighted by atomic mass is 19.1. The molecule has 2 atom stereocenters. The predicted octanol–water partition coefficient (Wildman–Crippen LogP) is 4.32. The van der Waals surface area contributed by atoms with Gasteiger partial charge in [-0.15, -0.1) is 0 Å². The average Bonchev–Trinajstić information content (AvgIpc) is 2.87. The number of methoxy groups -OCH3 is 1. The lowest BCUT2D eigenvalue weighted by Crippen LogP contribution is -2.57. The number of aromatic nitrogens is 2. The SMILES string of the molecule is COc1cnc2cccc(C(O)C(O)C3(NC/C=C/c4cc(F)ccc4F)CCCCC3)c2n1. The molecule has 8 heteroatoms. The number of benzene rings is 2. The first kappa shape index (κ1) is 24.2. The first-order chi connectivity index (χ1) is 16.4. The van der Waals surface area contributed by atoms with Crippen LogP contribution in [0.5, 0.6) is 5.88 Å². The van der Waals surface area contributed by atoms with Crippen molar-refractivity contribution in [3.05, 3.63) is 71.4 Å². The molecule has 1 saturated carbocycles. The molecular formula is C26H29F2N3O3. The molecule has 180 valence electrons. The van der Waals surface area contributed by atoms with E-state index in [1.54, 1.807) is 24.3 Å². The van der Waals surface area contributed by atoms with Gasteiger partial charge in [-0.1, -0.05) is 43.5 Å². The Morgan fingerprint density at radius 1 is 1.15 bits per heavy atom. The number of aliphatic hydroxyl groups excluding tert-OH is 2. The van der Waals surface area contributed by atoms with Crippen LogP contribution in [0, 0.1) is 11.6 Å². The number of nitrogens with zero attached hydrogens (tertiary/aromatic N) is 2. The van der Waals surface area contributed by atoms with Gasteiger partial charge in [0, 0.05) is 23.2 Å². The molecule has 2 aromatic carbocycles. The summed E-state index contributed by atoms with van der Waals surface area (Å²) in [5.41, 5.74) is 0.955. The molecular weight excluding hydrogens is 440 g/mol. The van der Waals surface area contributed by atoms with Gasteiger partial charge in [0.05, 0.1) is 24.3 Å². The van der Waals surface area contributed by atoms with E-state index in [9.17, 15) is 19.0 Å². The van der Waals surface area contributed by atoms with E-state index in [4.69, 9.17) is 4.74 Å². The second-order valence-corrected chi connectivity index (χ2v) is 8.68. The van der Waals surface area contributed by atoms with Crippen molar-refractivity contribution in [3.8, 4) is 5.88 Å². The molecule has 0 saturated heterocycles. The predicted molar refractivity (Wildman–Crippen MR) is 126 cm³/mol. The van der Waals surface area contributed by atoms with Crippen LogP contribution in [0.3, 0.4) is 0 Å². The van der Waals surface area contributed by atoms with Crippen molar-refractivity contribution in [1.29, 1.82) is 0 Å². The van der Waals surface area contributed by atoms with Crippen LogP contribution in [0.1, 0.15) is 49.3 Å². The zero-order chi connectivity index (χ0) is 24.1. The van der Waals surface area contributed by atoms with Crippen LogP contribution in [0.25, 0.3) is 17.1 Å². The van der Waals surface area contributed by atoms with E-state index in [0.717, 1.165) is 37.5 Å². The van der Waals surface area contributed by atoms with E-state index < -0.39 is 29.4 Å². The molecule has 1 heterocycles. The summed E-state index contributed by atoms with van der Waals surface area (Å²) < 4.78 is 32.5. The first-order valence-corrected chi connectivity index (χ1v) is 11.5. The summed E-state index contributed by atoms with van der Waals surface area (Å²) in [6.07, 6.45) is 6.59. The second-order valence-electron chi connectivity index (χ2n) is 8.68. The van der Waals surface area contributed by atoms with Crippen molar-refractivity contribution in [3.63, 3.8) is 0 Å². The van der Waals surface area contributed by atoms with Crippen molar-refractivity contribution >= 4 is 17.1 Å². The fourth-order valence-corrected chi connectivity index (χ4v) is 4.70. The highest BCUT2D eigenvalue weighted by Crippen LogP contribution is 2.37. The largest absolute Gasteiger partial charge is 0.480 e. The molecule has 0 radical (unpaired) electrons. The number of ether oxygens (including phenoxy) is 1. The van der Waals surface area contributed by atoms with Gasteiger partial charge in [-0.3, -0.25) is 0 Å². The lowest BCUT2D eigenvalue weighted by molar-refractivity contribution is -0.0548. The van der Waals surface area contributed by atoms with Crippen molar-refractivity contribution in [2.75, 3.05) is 13.7 Å². The van der Waals surface area contributed by atoms with Gasteiger partial charge >= 0.3 is 0 Å². The van der Waals surface area contributed by atoms with Crippen LogP contribution in [-0.4, -0.2) is 45.5 Å². The highest BCUT2D eigenvalue weighted by Gasteiger charge is 2.42. The fraction of sp³-hybridized carbons (Fsp3) is 0.385. The third-order valence-corrected chi connectivity index (χ3v) is 6.55. The Morgan fingerprint density at radius 2 is 1.94 bits per heavy atom. The molecule has 1 fully saturated rings. The molecule has 1 aromatic heterocycles. The van der Waals surface area contributed by atoms with Crippen LogP contribution >= 0.6 is 0 Å². The monoisotopic (exact) mass is 469 g/mol. The van der Waals surface area contributed by atoms with Crippen LogP contribution in [0.4, 0.5) is 8.78 Å². The minimum Gasteiger partial charge on any atom is -0.480 e. The number of para-hydroxylation sites is 1. The van der Waals surface area contributed by atoms with Crippen LogP contribution < -0.4 is 10.1 Å².